The second kappa shape index (κ2) is 4.35. The van der Waals surface area contributed by atoms with Gasteiger partial charge in [0.25, 0.3) is 0 Å². The molecule has 3 nitrogen and oxygen atoms in total. The van der Waals surface area contributed by atoms with Crippen molar-refractivity contribution in [3.8, 4) is 0 Å². The molecule has 0 unspecified atom stereocenters. The standard InChI is InChI=1S/C11H15BO2.H3N/c1-3-11(4-2)9-7-5-6-8-10(9)12(13)14-11;/h5-8,13H,3-4H2,1-2H3;1H3. The topological polar surface area (TPSA) is 64.5 Å². The van der Waals surface area contributed by atoms with Gasteiger partial charge in [0.15, 0.2) is 0 Å². The van der Waals surface area contributed by atoms with Gasteiger partial charge >= 0.3 is 7.12 Å². The summed E-state index contributed by atoms with van der Waals surface area (Å²) in [6, 6.07) is 7.93. The lowest BCUT2D eigenvalue weighted by molar-refractivity contribution is 0.0520. The largest absolute Gasteiger partial charge is 0.492 e. The summed E-state index contributed by atoms with van der Waals surface area (Å²) in [5.74, 6) is 0. The Morgan fingerprint density at radius 2 is 1.87 bits per heavy atom. The molecule has 0 aromatic heterocycles. The van der Waals surface area contributed by atoms with Crippen molar-refractivity contribution in [1.29, 1.82) is 0 Å². The second-order valence-corrected chi connectivity index (χ2v) is 3.76. The van der Waals surface area contributed by atoms with Crippen LogP contribution in [0.2, 0.25) is 0 Å². The Kier molecular flexibility index (Phi) is 3.55. The van der Waals surface area contributed by atoms with E-state index in [4.69, 9.17) is 4.65 Å². The van der Waals surface area contributed by atoms with E-state index in [1.807, 2.05) is 18.2 Å². The zero-order valence-corrected chi connectivity index (χ0v) is 9.36. The van der Waals surface area contributed by atoms with Gasteiger partial charge in [-0.15, -0.1) is 0 Å². The molecule has 0 atom stereocenters. The fourth-order valence-electron chi connectivity index (χ4n) is 2.27. The summed E-state index contributed by atoms with van der Waals surface area (Å²) in [5.41, 5.74) is 1.81. The van der Waals surface area contributed by atoms with Gasteiger partial charge in [-0.2, -0.15) is 0 Å². The maximum absolute atomic E-state index is 9.76. The first-order chi connectivity index (χ1) is 6.73. The van der Waals surface area contributed by atoms with Crippen LogP contribution in [0.3, 0.4) is 0 Å². The lowest BCUT2D eigenvalue weighted by Gasteiger charge is -2.27. The number of hydrogen-bond acceptors (Lipinski definition) is 3. The van der Waals surface area contributed by atoms with Gasteiger partial charge in [0.2, 0.25) is 0 Å². The Morgan fingerprint density at radius 1 is 1.27 bits per heavy atom. The third kappa shape index (κ3) is 1.69. The molecule has 1 aromatic rings. The van der Waals surface area contributed by atoms with E-state index in [9.17, 15) is 5.02 Å². The van der Waals surface area contributed by atoms with E-state index in [1.165, 1.54) is 0 Å². The predicted molar refractivity (Wildman–Crippen MR) is 62.4 cm³/mol. The summed E-state index contributed by atoms with van der Waals surface area (Å²) in [5, 5.41) is 9.76. The molecule has 1 aromatic carbocycles. The van der Waals surface area contributed by atoms with Crippen molar-refractivity contribution in [2.75, 3.05) is 0 Å². The first kappa shape index (κ1) is 12.2. The monoisotopic (exact) mass is 207 g/mol. The van der Waals surface area contributed by atoms with E-state index in [2.05, 4.69) is 19.9 Å². The molecule has 0 aliphatic carbocycles. The Bertz CT molecular complexity index is 339. The van der Waals surface area contributed by atoms with Gasteiger partial charge in [-0.1, -0.05) is 38.1 Å². The SMILES string of the molecule is CCC1(CC)OB(O)c2ccccc21.N. The predicted octanol–water partition coefficient (Wildman–Crippen LogP) is 1.58. The zero-order chi connectivity index (χ0) is 10.2. The van der Waals surface area contributed by atoms with Crippen molar-refractivity contribution in [2.45, 2.75) is 32.3 Å². The third-order valence-electron chi connectivity index (χ3n) is 3.20. The van der Waals surface area contributed by atoms with Gasteiger partial charge in [0.1, 0.15) is 0 Å². The summed E-state index contributed by atoms with van der Waals surface area (Å²) in [6.07, 6.45) is 1.80. The highest BCUT2D eigenvalue weighted by atomic mass is 16.5. The Balaban J connectivity index is 0.00000112. The molecule has 82 valence electrons. The number of benzene rings is 1. The van der Waals surface area contributed by atoms with E-state index < -0.39 is 7.12 Å². The van der Waals surface area contributed by atoms with Crippen LogP contribution in [0.4, 0.5) is 0 Å². The zero-order valence-electron chi connectivity index (χ0n) is 9.36. The average molecular weight is 207 g/mol. The van der Waals surface area contributed by atoms with Gasteiger partial charge < -0.3 is 15.8 Å². The normalized spacial score (nSPS) is 17.1. The molecule has 1 aliphatic heterocycles. The fourth-order valence-corrected chi connectivity index (χ4v) is 2.27. The van der Waals surface area contributed by atoms with Crippen molar-refractivity contribution in [3.05, 3.63) is 29.8 Å². The lowest BCUT2D eigenvalue weighted by atomic mass is 9.77. The van der Waals surface area contributed by atoms with E-state index in [0.29, 0.717) is 0 Å². The molecule has 2 rings (SSSR count). The van der Waals surface area contributed by atoms with E-state index in [-0.39, 0.29) is 11.8 Å². The lowest BCUT2D eigenvalue weighted by Crippen LogP contribution is -2.29. The van der Waals surface area contributed by atoms with Crippen LogP contribution in [0.5, 0.6) is 0 Å². The minimum atomic E-state index is -0.744. The third-order valence-corrected chi connectivity index (χ3v) is 3.20. The number of fused-ring (bicyclic) bond motifs is 1. The summed E-state index contributed by atoms with van der Waals surface area (Å²) < 4.78 is 5.67. The van der Waals surface area contributed by atoms with Crippen molar-refractivity contribution < 1.29 is 9.68 Å². The summed E-state index contributed by atoms with van der Waals surface area (Å²) in [7, 11) is -0.744. The highest BCUT2D eigenvalue weighted by Gasteiger charge is 2.44. The van der Waals surface area contributed by atoms with Crippen LogP contribution in [-0.2, 0) is 10.3 Å². The van der Waals surface area contributed by atoms with Crippen LogP contribution in [0, 0.1) is 0 Å². The molecule has 0 radical (unpaired) electrons. The second-order valence-electron chi connectivity index (χ2n) is 3.76. The number of rotatable bonds is 2. The first-order valence-electron chi connectivity index (χ1n) is 5.19. The molecule has 0 fully saturated rings. The van der Waals surface area contributed by atoms with Gasteiger partial charge in [0.05, 0.1) is 5.60 Å². The molecule has 0 spiro atoms. The minimum absolute atomic E-state index is 0. The molecule has 15 heavy (non-hydrogen) atoms. The summed E-state index contributed by atoms with van der Waals surface area (Å²) >= 11 is 0. The van der Waals surface area contributed by atoms with Crippen molar-refractivity contribution >= 4 is 12.6 Å². The van der Waals surface area contributed by atoms with E-state index in [1.54, 1.807) is 0 Å². The molecular weight excluding hydrogens is 189 g/mol. The maximum Gasteiger partial charge on any atom is 0.492 e. The minimum Gasteiger partial charge on any atom is -0.423 e. The van der Waals surface area contributed by atoms with E-state index >= 15 is 0 Å². The Morgan fingerprint density at radius 3 is 2.47 bits per heavy atom. The van der Waals surface area contributed by atoms with Gasteiger partial charge in [-0.3, -0.25) is 0 Å². The molecule has 4 heteroatoms. The maximum atomic E-state index is 9.76. The molecule has 0 amide bonds. The summed E-state index contributed by atoms with van der Waals surface area (Å²) in [6.45, 7) is 4.19. The molecule has 0 saturated heterocycles. The van der Waals surface area contributed by atoms with Gasteiger partial charge in [0, 0.05) is 0 Å². The van der Waals surface area contributed by atoms with Gasteiger partial charge in [-0.25, -0.2) is 0 Å². The van der Waals surface area contributed by atoms with Crippen molar-refractivity contribution in [2.24, 2.45) is 0 Å². The fraction of sp³-hybridized carbons (Fsp3) is 0.455. The van der Waals surface area contributed by atoms with Crippen LogP contribution in [0.25, 0.3) is 0 Å². The van der Waals surface area contributed by atoms with Crippen molar-refractivity contribution in [3.63, 3.8) is 0 Å². The first-order valence-corrected chi connectivity index (χ1v) is 5.19. The van der Waals surface area contributed by atoms with Gasteiger partial charge in [-0.05, 0) is 23.9 Å². The molecule has 1 heterocycles. The van der Waals surface area contributed by atoms with Crippen LogP contribution < -0.4 is 11.6 Å². The van der Waals surface area contributed by atoms with Crippen LogP contribution in [-0.4, -0.2) is 12.1 Å². The quantitative estimate of drug-likeness (QED) is 0.723. The molecular formula is C11H18BNO2. The molecule has 0 bridgehead atoms. The Hall–Kier alpha value is -0.835. The molecule has 0 saturated carbocycles. The highest BCUT2D eigenvalue weighted by Crippen LogP contribution is 2.36. The molecule has 1 aliphatic rings. The van der Waals surface area contributed by atoms with Crippen LogP contribution in [0.15, 0.2) is 24.3 Å². The highest BCUT2D eigenvalue weighted by molar-refractivity contribution is 6.61. The Labute approximate surface area is 91.2 Å². The van der Waals surface area contributed by atoms with Crippen LogP contribution in [0.1, 0.15) is 32.3 Å². The average Bonchev–Trinajstić information content (AvgIpc) is 2.53. The van der Waals surface area contributed by atoms with Crippen LogP contribution >= 0.6 is 0 Å². The smallest absolute Gasteiger partial charge is 0.423 e. The summed E-state index contributed by atoms with van der Waals surface area (Å²) in [4.78, 5) is 0. The van der Waals surface area contributed by atoms with E-state index in [0.717, 1.165) is 23.9 Å². The number of hydrogen-bond donors (Lipinski definition) is 2. The van der Waals surface area contributed by atoms with Crippen molar-refractivity contribution in [1.82, 2.24) is 6.15 Å². The molecule has 4 N–H and O–H groups in total.